The highest BCUT2D eigenvalue weighted by Gasteiger charge is 2.33. The lowest BCUT2D eigenvalue weighted by molar-refractivity contribution is 0.0520. The molecule has 0 bridgehead atoms. The third-order valence-corrected chi connectivity index (χ3v) is 3.77. The van der Waals surface area contributed by atoms with Crippen molar-refractivity contribution in [3.63, 3.8) is 0 Å². The summed E-state index contributed by atoms with van der Waals surface area (Å²) in [5, 5.41) is 6.50. The van der Waals surface area contributed by atoms with Gasteiger partial charge in [0.25, 0.3) is 0 Å². The fraction of sp³-hybridized carbons (Fsp3) is 0.706. The van der Waals surface area contributed by atoms with E-state index in [0.29, 0.717) is 12.5 Å². The Morgan fingerprint density at radius 1 is 1.45 bits per heavy atom. The van der Waals surface area contributed by atoms with Crippen molar-refractivity contribution in [3.05, 3.63) is 24.2 Å². The van der Waals surface area contributed by atoms with Gasteiger partial charge in [0.15, 0.2) is 0 Å². The number of carbonyl (C=O) groups excluding carboxylic acids is 1. The third-order valence-electron chi connectivity index (χ3n) is 3.77. The zero-order valence-corrected chi connectivity index (χ0v) is 14.0. The van der Waals surface area contributed by atoms with Gasteiger partial charge >= 0.3 is 6.09 Å². The predicted octanol–water partition coefficient (Wildman–Crippen LogP) is 3.62. The van der Waals surface area contributed by atoms with Crippen LogP contribution in [0.1, 0.15) is 58.8 Å². The van der Waals surface area contributed by atoms with Crippen LogP contribution in [0.25, 0.3) is 0 Å². The van der Waals surface area contributed by atoms with Gasteiger partial charge in [-0.2, -0.15) is 0 Å². The molecule has 0 aliphatic heterocycles. The standard InChI is InChI=1S/C17H28N2O3/c1-5-13(15-7-6-10-21-15)19-14(12-8-9-12)11-18-16(20)22-17(2,3)4/h6-7,10,12-14,19H,5,8-9,11H2,1-4H3,(H,18,20). The van der Waals surface area contributed by atoms with Crippen molar-refractivity contribution in [3.8, 4) is 0 Å². The van der Waals surface area contributed by atoms with E-state index in [1.165, 1.54) is 12.8 Å². The summed E-state index contributed by atoms with van der Waals surface area (Å²) >= 11 is 0. The number of alkyl carbamates (subject to hydrolysis) is 1. The highest BCUT2D eigenvalue weighted by molar-refractivity contribution is 5.67. The van der Waals surface area contributed by atoms with Gasteiger partial charge in [0.2, 0.25) is 0 Å². The van der Waals surface area contributed by atoms with Crippen LogP contribution in [0.4, 0.5) is 4.79 Å². The molecular formula is C17H28N2O3. The van der Waals surface area contributed by atoms with Gasteiger partial charge in [0.1, 0.15) is 11.4 Å². The Hall–Kier alpha value is -1.49. The molecule has 2 unspecified atom stereocenters. The molecule has 2 atom stereocenters. The Kier molecular flexibility index (Phi) is 5.51. The van der Waals surface area contributed by atoms with E-state index in [-0.39, 0.29) is 18.2 Å². The summed E-state index contributed by atoms with van der Waals surface area (Å²) in [6.45, 7) is 8.32. The van der Waals surface area contributed by atoms with Crippen LogP contribution in [0, 0.1) is 5.92 Å². The fourth-order valence-corrected chi connectivity index (χ4v) is 2.52. The molecule has 5 nitrogen and oxygen atoms in total. The molecular weight excluding hydrogens is 280 g/mol. The van der Waals surface area contributed by atoms with Crippen molar-refractivity contribution < 1.29 is 13.9 Å². The van der Waals surface area contributed by atoms with Gasteiger partial charge in [0, 0.05) is 12.6 Å². The molecule has 1 fully saturated rings. The molecule has 0 saturated heterocycles. The Morgan fingerprint density at radius 2 is 2.18 bits per heavy atom. The minimum atomic E-state index is -0.466. The first-order valence-corrected chi connectivity index (χ1v) is 8.15. The normalized spacial score (nSPS) is 17.8. The lowest BCUT2D eigenvalue weighted by atomic mass is 10.1. The lowest BCUT2D eigenvalue weighted by Crippen LogP contribution is -2.45. The van der Waals surface area contributed by atoms with Gasteiger partial charge in [-0.05, 0) is 58.1 Å². The van der Waals surface area contributed by atoms with Gasteiger partial charge in [-0.25, -0.2) is 4.79 Å². The van der Waals surface area contributed by atoms with E-state index in [2.05, 4.69) is 17.6 Å². The minimum absolute atomic E-state index is 0.182. The van der Waals surface area contributed by atoms with Crippen molar-refractivity contribution in [1.82, 2.24) is 10.6 Å². The van der Waals surface area contributed by atoms with Crippen molar-refractivity contribution in [1.29, 1.82) is 0 Å². The van der Waals surface area contributed by atoms with Gasteiger partial charge in [-0.1, -0.05) is 6.92 Å². The zero-order valence-electron chi connectivity index (χ0n) is 14.0. The summed E-state index contributed by atoms with van der Waals surface area (Å²) in [5.41, 5.74) is -0.466. The number of amides is 1. The summed E-state index contributed by atoms with van der Waals surface area (Å²) in [6.07, 6.45) is 4.71. The van der Waals surface area contributed by atoms with E-state index in [0.717, 1.165) is 12.2 Å². The molecule has 22 heavy (non-hydrogen) atoms. The number of rotatable bonds is 7. The Bertz CT molecular complexity index is 461. The maximum Gasteiger partial charge on any atom is 0.407 e. The van der Waals surface area contributed by atoms with Gasteiger partial charge in [0.05, 0.1) is 12.3 Å². The average Bonchev–Trinajstić information content (AvgIpc) is 3.12. The number of carbonyl (C=O) groups is 1. The van der Waals surface area contributed by atoms with Crippen LogP contribution in [0.5, 0.6) is 0 Å². The molecule has 1 aliphatic rings. The van der Waals surface area contributed by atoms with E-state index in [1.54, 1.807) is 6.26 Å². The fourth-order valence-electron chi connectivity index (χ4n) is 2.52. The van der Waals surface area contributed by atoms with E-state index in [1.807, 2.05) is 32.9 Å². The molecule has 2 rings (SSSR count). The summed E-state index contributed by atoms with van der Waals surface area (Å²) < 4.78 is 10.8. The SMILES string of the molecule is CCC(NC(CNC(=O)OC(C)(C)C)C1CC1)c1ccco1. The van der Waals surface area contributed by atoms with Crippen molar-refractivity contribution >= 4 is 6.09 Å². The molecule has 0 radical (unpaired) electrons. The monoisotopic (exact) mass is 308 g/mol. The average molecular weight is 308 g/mol. The highest BCUT2D eigenvalue weighted by atomic mass is 16.6. The van der Waals surface area contributed by atoms with E-state index in [4.69, 9.17) is 9.15 Å². The predicted molar refractivity (Wildman–Crippen MR) is 85.6 cm³/mol. The summed E-state index contributed by atoms with van der Waals surface area (Å²) in [7, 11) is 0. The van der Waals surface area contributed by atoms with E-state index >= 15 is 0 Å². The largest absolute Gasteiger partial charge is 0.468 e. The summed E-state index contributed by atoms with van der Waals surface area (Å²) in [4.78, 5) is 11.8. The lowest BCUT2D eigenvalue weighted by Gasteiger charge is -2.25. The molecule has 1 saturated carbocycles. The molecule has 124 valence electrons. The molecule has 1 heterocycles. The molecule has 2 N–H and O–H groups in total. The molecule has 1 amide bonds. The van der Waals surface area contributed by atoms with E-state index in [9.17, 15) is 4.79 Å². The Labute approximate surface area is 132 Å². The van der Waals surface area contributed by atoms with Crippen LogP contribution in [-0.4, -0.2) is 24.3 Å². The summed E-state index contributed by atoms with van der Waals surface area (Å²) in [5.74, 6) is 1.57. The molecule has 1 aromatic heterocycles. The number of nitrogens with one attached hydrogen (secondary N) is 2. The Morgan fingerprint density at radius 3 is 2.68 bits per heavy atom. The van der Waals surface area contributed by atoms with Crippen LogP contribution in [0.3, 0.4) is 0 Å². The smallest absolute Gasteiger partial charge is 0.407 e. The second-order valence-corrected chi connectivity index (χ2v) is 6.97. The summed E-state index contributed by atoms with van der Waals surface area (Å²) in [6, 6.07) is 4.33. The molecule has 5 heteroatoms. The first-order valence-electron chi connectivity index (χ1n) is 8.15. The number of ether oxygens (including phenoxy) is 1. The van der Waals surface area contributed by atoms with Crippen molar-refractivity contribution in [2.45, 2.75) is 64.6 Å². The second-order valence-electron chi connectivity index (χ2n) is 6.97. The first kappa shape index (κ1) is 16.9. The number of furan rings is 1. The third kappa shape index (κ3) is 5.37. The molecule has 0 spiro atoms. The maximum absolute atomic E-state index is 11.8. The van der Waals surface area contributed by atoms with Crippen molar-refractivity contribution in [2.75, 3.05) is 6.54 Å². The van der Waals surface area contributed by atoms with Gasteiger partial charge in [-0.3, -0.25) is 0 Å². The van der Waals surface area contributed by atoms with Crippen LogP contribution in [0.2, 0.25) is 0 Å². The minimum Gasteiger partial charge on any atom is -0.468 e. The maximum atomic E-state index is 11.8. The number of hydrogen-bond donors (Lipinski definition) is 2. The van der Waals surface area contributed by atoms with Crippen LogP contribution >= 0.6 is 0 Å². The van der Waals surface area contributed by atoms with Crippen LogP contribution in [0.15, 0.2) is 22.8 Å². The quantitative estimate of drug-likeness (QED) is 0.807. The number of hydrogen-bond acceptors (Lipinski definition) is 4. The van der Waals surface area contributed by atoms with E-state index < -0.39 is 5.60 Å². The molecule has 0 aromatic carbocycles. The first-order chi connectivity index (χ1) is 10.4. The molecule has 1 aliphatic carbocycles. The zero-order chi connectivity index (χ0) is 16.2. The highest BCUT2D eigenvalue weighted by Crippen LogP contribution is 2.34. The van der Waals surface area contributed by atoms with Crippen LogP contribution in [-0.2, 0) is 4.74 Å². The topological polar surface area (TPSA) is 63.5 Å². The van der Waals surface area contributed by atoms with Crippen LogP contribution < -0.4 is 10.6 Å². The van der Waals surface area contributed by atoms with Crippen molar-refractivity contribution in [2.24, 2.45) is 5.92 Å². The van der Waals surface area contributed by atoms with Gasteiger partial charge < -0.3 is 19.8 Å². The van der Waals surface area contributed by atoms with Gasteiger partial charge in [-0.15, -0.1) is 0 Å². The Balaban J connectivity index is 1.86. The molecule has 1 aromatic rings. The second kappa shape index (κ2) is 7.18.